The van der Waals surface area contributed by atoms with Gasteiger partial charge in [-0.1, -0.05) is 0 Å². The Morgan fingerprint density at radius 3 is 2.39 bits per heavy atom. The Hall–Kier alpha value is -2.35. The number of aromatic amines is 1. The van der Waals surface area contributed by atoms with E-state index in [2.05, 4.69) is 5.10 Å². The van der Waals surface area contributed by atoms with Crippen molar-refractivity contribution in [3.8, 4) is 0 Å². The number of aryl methyl sites for hydroxylation is 1. The average molecular weight is 404 g/mol. The van der Waals surface area contributed by atoms with Crippen LogP contribution in [0.4, 0.5) is 5.69 Å². The summed E-state index contributed by atoms with van der Waals surface area (Å²) in [5, 5.41) is 3.03. The summed E-state index contributed by atoms with van der Waals surface area (Å²) in [5.41, 5.74) is 2.18. The van der Waals surface area contributed by atoms with Gasteiger partial charge in [-0.05, 0) is 50.3 Å². The third-order valence-corrected chi connectivity index (χ3v) is 6.88. The lowest BCUT2D eigenvalue weighted by atomic mass is 9.96. The number of hydrogen-bond donors (Lipinski definition) is 1. The summed E-state index contributed by atoms with van der Waals surface area (Å²) in [4.78, 5) is 28.3. The van der Waals surface area contributed by atoms with E-state index >= 15 is 0 Å². The van der Waals surface area contributed by atoms with E-state index < -0.39 is 9.84 Å². The number of aromatic nitrogens is 2. The van der Waals surface area contributed by atoms with Crippen LogP contribution in [0.1, 0.15) is 58.8 Å². The predicted octanol–water partition coefficient (Wildman–Crippen LogP) is 2.13. The molecule has 1 aliphatic carbocycles. The fraction of sp³-hybridized carbons (Fsp3) is 0.500. The number of benzene rings is 1. The van der Waals surface area contributed by atoms with Crippen LogP contribution < -0.4 is 10.5 Å². The highest BCUT2D eigenvalue weighted by molar-refractivity contribution is 7.90. The Balaban J connectivity index is 1.89. The van der Waals surface area contributed by atoms with Gasteiger partial charge in [0.15, 0.2) is 9.84 Å². The molecule has 2 fully saturated rings. The largest absolute Gasteiger partial charge is 0.370 e. The second kappa shape index (κ2) is 6.62. The molecule has 0 unspecified atom stereocenters. The van der Waals surface area contributed by atoms with Crippen molar-refractivity contribution < 1.29 is 13.2 Å². The molecule has 8 heteroatoms. The van der Waals surface area contributed by atoms with Crippen LogP contribution >= 0.6 is 0 Å². The number of anilines is 1. The van der Waals surface area contributed by atoms with Gasteiger partial charge in [-0.2, -0.15) is 0 Å². The van der Waals surface area contributed by atoms with Crippen molar-refractivity contribution in [2.24, 2.45) is 7.05 Å². The number of rotatable bonds is 5. The van der Waals surface area contributed by atoms with E-state index in [-0.39, 0.29) is 27.7 Å². The van der Waals surface area contributed by atoms with Crippen LogP contribution in [0.2, 0.25) is 0 Å². The zero-order valence-corrected chi connectivity index (χ0v) is 17.2. The predicted molar refractivity (Wildman–Crippen MR) is 107 cm³/mol. The van der Waals surface area contributed by atoms with Gasteiger partial charge in [-0.25, -0.2) is 8.42 Å². The number of sulfone groups is 1. The Bertz CT molecular complexity index is 1120. The van der Waals surface area contributed by atoms with Crippen LogP contribution in [0.15, 0.2) is 21.8 Å². The van der Waals surface area contributed by atoms with E-state index in [1.165, 1.54) is 17.0 Å². The van der Waals surface area contributed by atoms with E-state index in [1.807, 2.05) is 4.90 Å². The molecule has 2 heterocycles. The topological polar surface area (TPSA) is 92.2 Å². The zero-order chi connectivity index (χ0) is 20.2. The molecular formula is C20H25N3O4S. The molecule has 7 nitrogen and oxygen atoms in total. The first-order valence-electron chi connectivity index (χ1n) is 9.62. The fourth-order valence-electron chi connectivity index (χ4n) is 4.15. The van der Waals surface area contributed by atoms with Gasteiger partial charge in [0.05, 0.1) is 16.3 Å². The summed E-state index contributed by atoms with van der Waals surface area (Å²) in [5.74, 6) is -0.108. The molecule has 1 N–H and O–H groups in total. The minimum Gasteiger partial charge on any atom is -0.370 e. The quantitative estimate of drug-likeness (QED) is 0.772. The first kappa shape index (κ1) is 19.0. The highest BCUT2D eigenvalue weighted by atomic mass is 32.2. The van der Waals surface area contributed by atoms with Crippen LogP contribution in [-0.2, 0) is 16.9 Å². The van der Waals surface area contributed by atoms with E-state index in [0.29, 0.717) is 22.5 Å². The normalized spacial score (nSPS) is 17.3. The second-order valence-electron chi connectivity index (χ2n) is 7.92. The maximum Gasteiger partial charge on any atom is 0.277 e. The monoisotopic (exact) mass is 403 g/mol. The third kappa shape index (κ3) is 3.09. The van der Waals surface area contributed by atoms with Gasteiger partial charge in [0.2, 0.25) is 5.78 Å². The number of nitrogens with one attached hydrogen (secondary N) is 1. The average Bonchev–Trinajstić information content (AvgIpc) is 3.24. The molecule has 2 aromatic rings. The number of nitrogens with zero attached hydrogens (tertiary/aromatic N) is 2. The fourth-order valence-corrected chi connectivity index (χ4v) is 5.09. The summed E-state index contributed by atoms with van der Waals surface area (Å²) >= 11 is 0. The molecule has 0 bridgehead atoms. The molecule has 1 aromatic carbocycles. The van der Waals surface area contributed by atoms with Gasteiger partial charge >= 0.3 is 0 Å². The first-order chi connectivity index (χ1) is 13.2. The molecule has 1 saturated heterocycles. The van der Waals surface area contributed by atoms with Gasteiger partial charge in [0.25, 0.3) is 5.56 Å². The Morgan fingerprint density at radius 2 is 1.82 bits per heavy atom. The van der Waals surface area contributed by atoms with Crippen LogP contribution in [0.3, 0.4) is 0 Å². The molecular weight excluding hydrogens is 378 g/mol. The lowest BCUT2D eigenvalue weighted by Crippen LogP contribution is -2.24. The summed E-state index contributed by atoms with van der Waals surface area (Å²) < 4.78 is 26.1. The molecule has 1 aliphatic heterocycles. The molecule has 0 spiro atoms. The molecule has 150 valence electrons. The number of H-pyrrole nitrogens is 1. The molecule has 0 amide bonds. The van der Waals surface area contributed by atoms with E-state index in [1.54, 1.807) is 20.0 Å². The molecule has 0 atom stereocenters. The molecule has 1 saturated carbocycles. The van der Waals surface area contributed by atoms with E-state index in [9.17, 15) is 18.0 Å². The third-order valence-electron chi connectivity index (χ3n) is 5.75. The smallest absolute Gasteiger partial charge is 0.277 e. The Labute approximate surface area is 164 Å². The summed E-state index contributed by atoms with van der Waals surface area (Å²) in [6.45, 7) is 3.31. The summed E-state index contributed by atoms with van der Waals surface area (Å²) in [6.07, 6.45) is 5.10. The van der Waals surface area contributed by atoms with E-state index in [0.717, 1.165) is 38.8 Å². The van der Waals surface area contributed by atoms with Crippen molar-refractivity contribution in [2.45, 2.75) is 43.4 Å². The van der Waals surface area contributed by atoms with Gasteiger partial charge in [-0.3, -0.25) is 19.4 Å². The lowest BCUT2D eigenvalue weighted by Gasteiger charge is -2.24. The van der Waals surface area contributed by atoms with Crippen molar-refractivity contribution in [2.75, 3.05) is 24.2 Å². The highest BCUT2D eigenvalue weighted by Gasteiger charge is 2.34. The summed E-state index contributed by atoms with van der Waals surface area (Å²) in [6, 6.07) is 3.06. The molecule has 1 aromatic heterocycles. The minimum atomic E-state index is -3.44. The molecule has 28 heavy (non-hydrogen) atoms. The van der Waals surface area contributed by atoms with Crippen molar-refractivity contribution in [1.82, 2.24) is 9.78 Å². The lowest BCUT2D eigenvalue weighted by molar-refractivity contribution is 0.103. The van der Waals surface area contributed by atoms with Gasteiger partial charge in [-0.15, -0.1) is 0 Å². The Morgan fingerprint density at radius 1 is 1.18 bits per heavy atom. The Kier molecular flexibility index (Phi) is 4.49. The van der Waals surface area contributed by atoms with Crippen molar-refractivity contribution in [3.63, 3.8) is 0 Å². The summed E-state index contributed by atoms with van der Waals surface area (Å²) in [7, 11) is -1.83. The first-order valence-corrected chi connectivity index (χ1v) is 11.5. The van der Waals surface area contributed by atoms with Gasteiger partial charge in [0, 0.05) is 37.9 Å². The van der Waals surface area contributed by atoms with Crippen molar-refractivity contribution in [3.05, 3.63) is 44.9 Å². The van der Waals surface area contributed by atoms with Crippen molar-refractivity contribution >= 4 is 21.3 Å². The van der Waals surface area contributed by atoms with Crippen LogP contribution in [0.5, 0.6) is 0 Å². The minimum absolute atomic E-state index is 0.188. The standard InChI is InChI=1S/C20H25N3O4S/c1-12-14(19(24)16-17(13-6-7-13)21-22(2)20(16)25)8-9-15(28(3,26)27)18(12)23-10-4-5-11-23/h8-9,13,21H,4-7,10-11H2,1-3H3. The number of carbonyl (C=O) groups excluding carboxylic acids is 1. The van der Waals surface area contributed by atoms with Crippen LogP contribution in [0.25, 0.3) is 0 Å². The number of hydrogen-bond acceptors (Lipinski definition) is 5. The van der Waals surface area contributed by atoms with Gasteiger partial charge in [0.1, 0.15) is 5.56 Å². The SMILES string of the molecule is Cc1c(C(=O)c2c(C3CC3)[nH]n(C)c2=O)ccc(S(C)(=O)=O)c1N1CCCC1. The number of ketones is 1. The zero-order valence-electron chi connectivity index (χ0n) is 16.4. The van der Waals surface area contributed by atoms with Gasteiger partial charge < -0.3 is 4.90 Å². The molecule has 2 aliphatic rings. The maximum atomic E-state index is 13.4. The van der Waals surface area contributed by atoms with Crippen LogP contribution in [-0.4, -0.2) is 43.3 Å². The van der Waals surface area contributed by atoms with Crippen LogP contribution in [0, 0.1) is 6.92 Å². The maximum absolute atomic E-state index is 13.4. The number of carbonyl (C=O) groups is 1. The highest BCUT2D eigenvalue weighted by Crippen LogP contribution is 2.41. The van der Waals surface area contributed by atoms with E-state index in [4.69, 9.17) is 0 Å². The van der Waals surface area contributed by atoms with Crippen molar-refractivity contribution in [1.29, 1.82) is 0 Å². The second-order valence-corrected chi connectivity index (χ2v) is 9.90. The molecule has 0 radical (unpaired) electrons. The molecule has 4 rings (SSSR count).